The fourth-order valence-corrected chi connectivity index (χ4v) is 3.96. The van der Waals surface area contributed by atoms with Gasteiger partial charge in [0.15, 0.2) is 0 Å². The first-order valence-electron chi connectivity index (χ1n) is 9.55. The minimum Gasteiger partial charge on any atom is -0.387 e. The summed E-state index contributed by atoms with van der Waals surface area (Å²) in [6.07, 6.45) is -1.72. The third-order valence-corrected chi connectivity index (χ3v) is 6.00. The van der Waals surface area contributed by atoms with Gasteiger partial charge in [-0.05, 0) is 53.5 Å². The Morgan fingerprint density at radius 2 is 1.64 bits per heavy atom. The highest BCUT2D eigenvalue weighted by Crippen LogP contribution is 2.40. The van der Waals surface area contributed by atoms with Crippen molar-refractivity contribution >= 4 is 17.8 Å². The zero-order valence-corrected chi connectivity index (χ0v) is 16.1. The molecule has 1 saturated heterocycles. The van der Waals surface area contributed by atoms with Crippen LogP contribution in [0.5, 0.6) is 0 Å². The summed E-state index contributed by atoms with van der Waals surface area (Å²) >= 11 is 6.39. The van der Waals surface area contributed by atoms with Gasteiger partial charge in [-0.15, -0.1) is 0 Å². The largest absolute Gasteiger partial charge is 0.387 e. The molecule has 148 valence electrons. The van der Waals surface area contributed by atoms with E-state index in [1.807, 2.05) is 6.07 Å². The van der Waals surface area contributed by atoms with Gasteiger partial charge in [0.2, 0.25) is 0 Å². The number of rotatable bonds is 5. The molecule has 0 radical (unpaired) electrons. The summed E-state index contributed by atoms with van der Waals surface area (Å²) in [7, 11) is 0. The maximum Gasteiger partial charge on any atom is 0.121 e. The average Bonchev–Trinajstić information content (AvgIpc) is 3.54. The van der Waals surface area contributed by atoms with Crippen molar-refractivity contribution in [3.05, 3.63) is 69.7 Å². The van der Waals surface area contributed by atoms with Crippen LogP contribution in [-0.2, 0) is 11.2 Å². The first-order chi connectivity index (χ1) is 13.5. The van der Waals surface area contributed by atoms with Crippen molar-refractivity contribution in [3.63, 3.8) is 0 Å². The van der Waals surface area contributed by atoms with Crippen LogP contribution in [-0.4, -0.2) is 46.0 Å². The Bertz CT molecular complexity index is 852. The van der Waals surface area contributed by atoms with E-state index in [0.717, 1.165) is 23.3 Å². The summed E-state index contributed by atoms with van der Waals surface area (Å²) in [5.41, 5.74) is 4.06. The van der Waals surface area contributed by atoms with Crippen molar-refractivity contribution in [2.45, 2.75) is 55.7 Å². The van der Waals surface area contributed by atoms with E-state index in [-0.39, 0.29) is 0 Å². The van der Waals surface area contributed by atoms with Crippen LogP contribution in [0.4, 0.5) is 0 Å². The molecule has 6 heteroatoms. The second-order valence-electron chi connectivity index (χ2n) is 7.70. The van der Waals surface area contributed by atoms with E-state index < -0.39 is 30.5 Å². The normalized spacial score (nSPS) is 30.2. The highest BCUT2D eigenvalue weighted by atomic mass is 35.5. The summed E-state index contributed by atoms with van der Waals surface area (Å²) in [5, 5.41) is 38.4. The van der Waals surface area contributed by atoms with E-state index in [9.17, 15) is 15.3 Å². The Hall–Kier alpha value is -1.76. The number of hydrogen-bond acceptors (Lipinski definition) is 5. The lowest BCUT2D eigenvalue weighted by Gasteiger charge is -2.39. The second-order valence-corrected chi connectivity index (χ2v) is 8.11. The quantitative estimate of drug-likeness (QED) is 0.579. The number of halogens is 1. The standard InChI is InChI=1S/C22H24ClNO4/c23-17-8-7-15(22-21(27)20(26)19(25)18(11-24)28-22)10-16(17)9-12-1-3-13(4-2-12)14-5-6-14/h1-4,7-8,10-11,14,18-22,24-27H,5-6,9H2/t18-,19-,20+,21-,22+/m1/s1. The van der Waals surface area contributed by atoms with Gasteiger partial charge in [-0.1, -0.05) is 48.0 Å². The fourth-order valence-electron chi connectivity index (χ4n) is 3.77. The van der Waals surface area contributed by atoms with E-state index in [0.29, 0.717) is 17.0 Å². The molecule has 28 heavy (non-hydrogen) atoms. The zero-order valence-electron chi connectivity index (χ0n) is 15.3. The van der Waals surface area contributed by atoms with Gasteiger partial charge in [-0.3, -0.25) is 0 Å². The average molecular weight is 402 g/mol. The summed E-state index contributed by atoms with van der Waals surface area (Å²) < 4.78 is 5.66. The third-order valence-electron chi connectivity index (χ3n) is 5.64. The Morgan fingerprint density at radius 1 is 0.964 bits per heavy atom. The first kappa shape index (κ1) is 19.6. The van der Waals surface area contributed by atoms with Crippen LogP contribution in [0.2, 0.25) is 5.02 Å². The zero-order chi connectivity index (χ0) is 19.8. The van der Waals surface area contributed by atoms with Gasteiger partial charge in [-0.25, -0.2) is 0 Å². The van der Waals surface area contributed by atoms with Crippen molar-refractivity contribution in [1.29, 1.82) is 5.41 Å². The number of aliphatic hydroxyl groups excluding tert-OH is 3. The molecule has 4 N–H and O–H groups in total. The van der Waals surface area contributed by atoms with Crippen molar-refractivity contribution in [2.24, 2.45) is 0 Å². The Balaban J connectivity index is 1.56. The lowest BCUT2D eigenvalue weighted by atomic mass is 9.90. The van der Waals surface area contributed by atoms with Gasteiger partial charge in [0.05, 0.1) is 0 Å². The lowest BCUT2D eigenvalue weighted by Crippen LogP contribution is -2.54. The molecule has 5 nitrogen and oxygen atoms in total. The van der Waals surface area contributed by atoms with Crippen LogP contribution in [0.25, 0.3) is 0 Å². The second kappa shape index (κ2) is 7.93. The van der Waals surface area contributed by atoms with Gasteiger partial charge in [0.25, 0.3) is 0 Å². The highest BCUT2D eigenvalue weighted by molar-refractivity contribution is 6.31. The van der Waals surface area contributed by atoms with Gasteiger partial charge in [-0.2, -0.15) is 0 Å². The van der Waals surface area contributed by atoms with E-state index in [2.05, 4.69) is 24.3 Å². The van der Waals surface area contributed by atoms with Crippen LogP contribution >= 0.6 is 11.6 Å². The molecule has 1 aliphatic carbocycles. The molecule has 1 saturated carbocycles. The van der Waals surface area contributed by atoms with E-state index in [1.165, 1.54) is 18.4 Å². The van der Waals surface area contributed by atoms with E-state index in [4.69, 9.17) is 21.7 Å². The molecule has 2 aromatic carbocycles. The van der Waals surface area contributed by atoms with Crippen LogP contribution in [0.15, 0.2) is 42.5 Å². The monoisotopic (exact) mass is 401 g/mol. The molecular weight excluding hydrogens is 378 g/mol. The van der Waals surface area contributed by atoms with Crippen molar-refractivity contribution < 1.29 is 20.1 Å². The molecule has 5 atom stereocenters. The van der Waals surface area contributed by atoms with Crippen molar-refractivity contribution in [3.8, 4) is 0 Å². The molecule has 0 aromatic heterocycles. The Labute approximate surface area is 169 Å². The smallest absolute Gasteiger partial charge is 0.121 e. The number of nitrogens with one attached hydrogen (secondary N) is 1. The minimum absolute atomic E-state index is 0.615. The summed E-state index contributed by atoms with van der Waals surface area (Å²) in [6.45, 7) is 0. The van der Waals surface area contributed by atoms with Gasteiger partial charge in [0.1, 0.15) is 30.5 Å². The molecular formula is C22H24ClNO4. The third kappa shape index (κ3) is 3.86. The predicted molar refractivity (Wildman–Crippen MR) is 107 cm³/mol. The highest BCUT2D eigenvalue weighted by Gasteiger charge is 2.43. The number of ether oxygens (including phenoxy) is 1. The van der Waals surface area contributed by atoms with Crippen molar-refractivity contribution in [1.82, 2.24) is 0 Å². The van der Waals surface area contributed by atoms with Crippen LogP contribution in [0.1, 0.15) is 47.1 Å². The maximum atomic E-state index is 10.4. The lowest BCUT2D eigenvalue weighted by molar-refractivity contribution is -0.205. The molecule has 1 heterocycles. The maximum absolute atomic E-state index is 10.4. The SMILES string of the molecule is N=C[C@H]1O[C@@H](c2ccc(Cl)c(Cc3ccc(C4CC4)cc3)c2)[C@H](O)[C@@H](O)[C@@H]1O. The van der Waals surface area contributed by atoms with E-state index >= 15 is 0 Å². The van der Waals surface area contributed by atoms with Gasteiger partial charge >= 0.3 is 0 Å². The topological polar surface area (TPSA) is 93.8 Å². The van der Waals surface area contributed by atoms with Crippen LogP contribution in [0, 0.1) is 5.41 Å². The molecule has 1 aliphatic heterocycles. The number of hydrogen-bond donors (Lipinski definition) is 4. The summed E-state index contributed by atoms with van der Waals surface area (Å²) in [5.74, 6) is 0.717. The van der Waals surface area contributed by atoms with Gasteiger partial charge in [0, 0.05) is 11.2 Å². The Kier molecular flexibility index (Phi) is 5.54. The number of aliphatic hydroxyl groups is 3. The molecule has 4 rings (SSSR count). The molecule has 2 aromatic rings. The van der Waals surface area contributed by atoms with E-state index in [1.54, 1.807) is 12.1 Å². The van der Waals surface area contributed by atoms with Gasteiger partial charge < -0.3 is 25.5 Å². The predicted octanol–water partition coefficient (Wildman–Crippen LogP) is 2.98. The van der Waals surface area contributed by atoms with Crippen LogP contribution < -0.4 is 0 Å². The first-order valence-corrected chi connectivity index (χ1v) is 9.93. The summed E-state index contributed by atoms with van der Waals surface area (Å²) in [6, 6.07) is 13.9. The molecule has 2 aliphatic rings. The van der Waals surface area contributed by atoms with Crippen molar-refractivity contribution in [2.75, 3.05) is 0 Å². The number of benzene rings is 2. The molecule has 0 bridgehead atoms. The summed E-state index contributed by atoms with van der Waals surface area (Å²) in [4.78, 5) is 0. The van der Waals surface area contributed by atoms with Crippen LogP contribution in [0.3, 0.4) is 0 Å². The molecule has 0 unspecified atom stereocenters. The molecule has 0 amide bonds. The fraction of sp³-hybridized carbons (Fsp3) is 0.409. The molecule has 2 fully saturated rings. The Morgan fingerprint density at radius 3 is 2.29 bits per heavy atom. The minimum atomic E-state index is -1.39. The molecule has 0 spiro atoms.